The summed E-state index contributed by atoms with van der Waals surface area (Å²) in [5, 5.41) is 9.93. The fraction of sp³-hybridized carbons (Fsp3) is 0.200. The number of hydrogen-bond donors (Lipinski definition) is 1. The van der Waals surface area contributed by atoms with Gasteiger partial charge in [0, 0.05) is 27.7 Å². The summed E-state index contributed by atoms with van der Waals surface area (Å²) in [4.78, 5) is 25.1. The van der Waals surface area contributed by atoms with Crippen LogP contribution >= 0.6 is 11.6 Å². The lowest BCUT2D eigenvalue weighted by atomic mass is 9.97. The molecule has 0 saturated carbocycles. The van der Waals surface area contributed by atoms with E-state index in [1.54, 1.807) is 0 Å². The van der Waals surface area contributed by atoms with E-state index in [0.29, 0.717) is 5.02 Å². The summed E-state index contributed by atoms with van der Waals surface area (Å²) in [5.74, 6) is -5.82. The van der Waals surface area contributed by atoms with Crippen molar-refractivity contribution in [2.24, 2.45) is 0 Å². The number of carbonyl (C=O) groups excluding carboxylic acids is 2. The number of nitrogens with zero attached hydrogens (tertiary/aromatic N) is 1. The van der Waals surface area contributed by atoms with Crippen molar-refractivity contribution in [3.63, 3.8) is 0 Å². The highest BCUT2D eigenvalue weighted by molar-refractivity contribution is 6.30. The number of aromatic nitrogens is 1. The second kappa shape index (κ2) is 7.24. The highest BCUT2D eigenvalue weighted by Gasteiger charge is 2.31. The topological polar surface area (TPSA) is 68.5 Å². The summed E-state index contributed by atoms with van der Waals surface area (Å²) in [7, 11) is 1.18. The molecular formula is C20H16ClF2NO4. The smallest absolute Gasteiger partial charge is 0.312 e. The maximum Gasteiger partial charge on any atom is 0.312 e. The molecule has 1 atom stereocenters. The van der Waals surface area contributed by atoms with E-state index in [1.165, 1.54) is 45.2 Å². The maximum atomic E-state index is 14.8. The Bertz CT molecular complexity index is 1110. The molecule has 0 radical (unpaired) electrons. The molecular weight excluding hydrogens is 392 g/mol. The number of carbonyl (C=O) groups is 2. The molecule has 1 unspecified atom stereocenters. The normalized spacial score (nSPS) is 12.2. The number of ether oxygens (including phenoxy) is 1. The second-order valence-corrected chi connectivity index (χ2v) is 6.74. The Labute approximate surface area is 164 Å². The van der Waals surface area contributed by atoms with E-state index < -0.39 is 35.2 Å². The molecule has 0 saturated heterocycles. The van der Waals surface area contributed by atoms with Gasteiger partial charge in [0.2, 0.25) is 0 Å². The van der Waals surface area contributed by atoms with E-state index in [-0.39, 0.29) is 27.7 Å². The first-order valence-electron chi connectivity index (χ1n) is 8.29. The highest BCUT2D eigenvalue weighted by Crippen LogP contribution is 2.38. The molecule has 1 aromatic heterocycles. The van der Waals surface area contributed by atoms with Gasteiger partial charge in [-0.2, -0.15) is 0 Å². The summed E-state index contributed by atoms with van der Waals surface area (Å²) >= 11 is 5.85. The molecule has 0 fully saturated rings. The zero-order valence-corrected chi connectivity index (χ0v) is 16.0. The van der Waals surface area contributed by atoms with Crippen LogP contribution in [0.2, 0.25) is 5.02 Å². The third-order valence-electron chi connectivity index (χ3n) is 4.69. The SMILES string of the molecule is COC(=O)C(C)c1c(C)n(C(=O)c2ccc(Cl)cc2)c2cc(F)c(O)c(F)c12. The van der Waals surface area contributed by atoms with Crippen LogP contribution in [0, 0.1) is 18.6 Å². The number of phenolic OH excluding ortho intramolecular Hbond substituents is 1. The molecule has 146 valence electrons. The zero-order chi connectivity index (χ0) is 20.7. The third kappa shape index (κ3) is 3.01. The zero-order valence-electron chi connectivity index (χ0n) is 15.2. The molecule has 0 amide bonds. The van der Waals surface area contributed by atoms with E-state index in [0.717, 1.165) is 10.6 Å². The monoisotopic (exact) mass is 407 g/mol. The van der Waals surface area contributed by atoms with Gasteiger partial charge in [0.25, 0.3) is 5.91 Å². The third-order valence-corrected chi connectivity index (χ3v) is 4.94. The van der Waals surface area contributed by atoms with Crippen LogP contribution in [-0.2, 0) is 9.53 Å². The lowest BCUT2D eigenvalue weighted by Crippen LogP contribution is -2.16. The molecule has 1 N–H and O–H groups in total. The van der Waals surface area contributed by atoms with Crippen molar-refractivity contribution in [3.8, 4) is 5.75 Å². The summed E-state index contributed by atoms with van der Waals surface area (Å²) in [6.07, 6.45) is 0. The molecule has 3 rings (SSSR count). The van der Waals surface area contributed by atoms with Crippen LogP contribution in [0.1, 0.15) is 34.5 Å². The van der Waals surface area contributed by atoms with E-state index in [9.17, 15) is 23.5 Å². The molecule has 28 heavy (non-hydrogen) atoms. The maximum absolute atomic E-state index is 14.8. The van der Waals surface area contributed by atoms with E-state index in [4.69, 9.17) is 16.3 Å². The highest BCUT2D eigenvalue weighted by atomic mass is 35.5. The lowest BCUT2D eigenvalue weighted by Gasteiger charge is -2.11. The number of aromatic hydroxyl groups is 1. The number of esters is 1. The standard InChI is InChI=1S/C20H16ClF2NO4/c1-9(20(27)28-3)15-10(2)24(19(26)11-4-6-12(21)7-5-11)14-8-13(22)18(25)17(23)16(14)15/h4-9,25H,1-3H3. The van der Waals surface area contributed by atoms with Crippen LogP contribution in [0.4, 0.5) is 8.78 Å². The van der Waals surface area contributed by atoms with Gasteiger partial charge in [0.1, 0.15) is 0 Å². The molecule has 0 aliphatic carbocycles. The van der Waals surface area contributed by atoms with Crippen LogP contribution in [0.15, 0.2) is 30.3 Å². The van der Waals surface area contributed by atoms with Crippen molar-refractivity contribution >= 4 is 34.4 Å². The molecule has 8 heteroatoms. The molecule has 0 bridgehead atoms. The van der Waals surface area contributed by atoms with Crippen LogP contribution in [0.5, 0.6) is 5.75 Å². The quantitative estimate of drug-likeness (QED) is 0.647. The Morgan fingerprint density at radius 3 is 2.39 bits per heavy atom. The van der Waals surface area contributed by atoms with Gasteiger partial charge in [-0.15, -0.1) is 0 Å². The van der Waals surface area contributed by atoms with Crippen molar-refractivity contribution in [3.05, 3.63) is 63.8 Å². The molecule has 2 aromatic carbocycles. The number of benzene rings is 2. The first kappa shape index (κ1) is 19.8. The molecule has 5 nitrogen and oxygen atoms in total. The minimum absolute atomic E-state index is 0.101. The number of halogens is 3. The van der Waals surface area contributed by atoms with Gasteiger partial charge in [-0.3, -0.25) is 14.2 Å². The van der Waals surface area contributed by atoms with Crippen molar-refractivity contribution in [2.45, 2.75) is 19.8 Å². The van der Waals surface area contributed by atoms with Crippen LogP contribution in [0.25, 0.3) is 10.9 Å². The first-order chi connectivity index (χ1) is 13.2. The Morgan fingerprint density at radius 1 is 1.21 bits per heavy atom. The van der Waals surface area contributed by atoms with E-state index >= 15 is 0 Å². The van der Waals surface area contributed by atoms with E-state index in [1.807, 2.05) is 0 Å². The predicted octanol–water partition coefficient (Wildman–Crippen LogP) is 4.55. The van der Waals surface area contributed by atoms with Crippen molar-refractivity contribution in [1.29, 1.82) is 0 Å². The number of methoxy groups -OCH3 is 1. The fourth-order valence-corrected chi connectivity index (χ4v) is 3.44. The van der Waals surface area contributed by atoms with Gasteiger partial charge in [-0.25, -0.2) is 8.78 Å². The Balaban J connectivity index is 2.37. The summed E-state index contributed by atoms with van der Waals surface area (Å²) in [6.45, 7) is 2.99. The fourth-order valence-electron chi connectivity index (χ4n) is 3.32. The number of phenols is 1. The van der Waals surface area contributed by atoms with Crippen LogP contribution in [-0.4, -0.2) is 28.7 Å². The summed E-state index contributed by atoms with van der Waals surface area (Å²) in [5.41, 5.74) is 0.500. The van der Waals surface area contributed by atoms with Gasteiger partial charge < -0.3 is 9.84 Å². The van der Waals surface area contributed by atoms with Crippen LogP contribution in [0.3, 0.4) is 0 Å². The Hall–Kier alpha value is -2.93. The number of hydrogen-bond acceptors (Lipinski definition) is 4. The number of rotatable bonds is 3. The van der Waals surface area contributed by atoms with Gasteiger partial charge in [0.05, 0.1) is 18.5 Å². The molecule has 1 heterocycles. The van der Waals surface area contributed by atoms with Crippen molar-refractivity contribution in [1.82, 2.24) is 4.57 Å². The van der Waals surface area contributed by atoms with Gasteiger partial charge in [-0.1, -0.05) is 11.6 Å². The van der Waals surface area contributed by atoms with Gasteiger partial charge >= 0.3 is 5.97 Å². The average molecular weight is 408 g/mol. The van der Waals surface area contributed by atoms with Crippen molar-refractivity contribution in [2.75, 3.05) is 7.11 Å². The summed E-state index contributed by atoms with van der Waals surface area (Å²) < 4.78 is 34.7. The minimum Gasteiger partial charge on any atom is -0.503 e. The Kier molecular flexibility index (Phi) is 5.12. The second-order valence-electron chi connectivity index (χ2n) is 6.31. The first-order valence-corrected chi connectivity index (χ1v) is 8.66. The van der Waals surface area contributed by atoms with Crippen molar-refractivity contribution < 1.29 is 28.2 Å². The molecule has 0 aliphatic rings. The largest absolute Gasteiger partial charge is 0.503 e. The molecule has 3 aromatic rings. The predicted molar refractivity (Wildman–Crippen MR) is 99.9 cm³/mol. The molecule has 0 spiro atoms. The Morgan fingerprint density at radius 2 is 1.82 bits per heavy atom. The van der Waals surface area contributed by atoms with E-state index in [2.05, 4.69) is 0 Å². The minimum atomic E-state index is -1.24. The number of fused-ring (bicyclic) bond motifs is 1. The molecule has 0 aliphatic heterocycles. The van der Waals surface area contributed by atoms with Crippen LogP contribution < -0.4 is 0 Å². The average Bonchev–Trinajstić information content (AvgIpc) is 2.96. The van der Waals surface area contributed by atoms with Gasteiger partial charge in [-0.05, 0) is 43.7 Å². The lowest BCUT2D eigenvalue weighted by molar-refractivity contribution is -0.141. The van der Waals surface area contributed by atoms with Gasteiger partial charge in [0.15, 0.2) is 17.4 Å². The summed E-state index contributed by atoms with van der Waals surface area (Å²) in [6, 6.07) is 6.85.